The zero-order valence-corrected chi connectivity index (χ0v) is 18.3. The average molecular weight is 431 g/mol. The third-order valence-corrected chi connectivity index (χ3v) is 6.73. The van der Waals surface area contributed by atoms with Gasteiger partial charge in [0.1, 0.15) is 18.3 Å². The van der Waals surface area contributed by atoms with Crippen LogP contribution in [0, 0.1) is 11.8 Å². The lowest BCUT2D eigenvalue weighted by atomic mass is 9.82. The highest BCUT2D eigenvalue weighted by molar-refractivity contribution is 7.88. The normalized spacial score (nSPS) is 22.6. The maximum Gasteiger partial charge on any atom is 0.227 e. The van der Waals surface area contributed by atoms with Gasteiger partial charge in [0.15, 0.2) is 0 Å². The molecule has 1 aromatic heterocycles. The van der Waals surface area contributed by atoms with Crippen LogP contribution >= 0.6 is 0 Å². The van der Waals surface area contributed by atoms with E-state index < -0.39 is 11.4 Å². The summed E-state index contributed by atoms with van der Waals surface area (Å²) in [4.78, 5) is 14.7. The third kappa shape index (κ3) is 5.66. The van der Waals surface area contributed by atoms with E-state index in [9.17, 15) is 9.35 Å². The van der Waals surface area contributed by atoms with Gasteiger partial charge in [-0.05, 0) is 48.6 Å². The molecule has 0 radical (unpaired) electrons. The van der Waals surface area contributed by atoms with Crippen LogP contribution in [-0.4, -0.2) is 28.9 Å². The molecule has 30 heavy (non-hydrogen) atoms. The van der Waals surface area contributed by atoms with Crippen LogP contribution in [-0.2, 0) is 31.0 Å². The van der Waals surface area contributed by atoms with E-state index in [0.717, 1.165) is 45.3 Å². The summed E-state index contributed by atoms with van der Waals surface area (Å²) in [6, 6.07) is 9.98. The molecular formula is C23H30N2O4S. The molecule has 1 atom stereocenters. The summed E-state index contributed by atoms with van der Waals surface area (Å²) >= 11 is -0.944. The minimum atomic E-state index is -0.944. The highest BCUT2D eigenvalue weighted by atomic mass is 32.2. The lowest BCUT2D eigenvalue weighted by Crippen LogP contribution is -2.31. The second-order valence-electron chi connectivity index (χ2n) is 8.49. The van der Waals surface area contributed by atoms with Crippen LogP contribution in [0.5, 0.6) is 5.75 Å². The van der Waals surface area contributed by atoms with Crippen molar-refractivity contribution in [3.63, 3.8) is 0 Å². The summed E-state index contributed by atoms with van der Waals surface area (Å²) in [7, 11) is 0. The number of benzene rings is 1. The van der Waals surface area contributed by atoms with Gasteiger partial charge in [-0.25, -0.2) is 0 Å². The summed E-state index contributed by atoms with van der Waals surface area (Å²) < 4.78 is 25.7. The second kappa shape index (κ2) is 10.0. The Morgan fingerprint density at radius 2 is 1.83 bits per heavy atom. The molecule has 162 valence electrons. The van der Waals surface area contributed by atoms with Gasteiger partial charge in [0.25, 0.3) is 0 Å². The highest BCUT2D eigenvalue weighted by Crippen LogP contribution is 2.29. The third-order valence-electron chi connectivity index (χ3n) is 6.15. The Labute approximate surface area is 180 Å². The minimum Gasteiger partial charge on any atom is -0.598 e. The predicted octanol–water partition coefficient (Wildman–Crippen LogP) is 3.22. The maximum atomic E-state index is 12.5. The molecule has 2 aliphatic rings. The summed E-state index contributed by atoms with van der Waals surface area (Å²) in [5, 5.41) is 0. The number of ether oxygens (including phenoxy) is 1. The Bertz CT molecular complexity index is 868. The molecule has 1 fully saturated rings. The summed E-state index contributed by atoms with van der Waals surface area (Å²) in [6.07, 6.45) is 7.48. The van der Waals surface area contributed by atoms with Crippen molar-refractivity contribution in [2.45, 2.75) is 45.3 Å². The molecule has 1 N–H and O–H groups in total. The van der Waals surface area contributed by atoms with Crippen LogP contribution in [0.4, 0.5) is 0 Å². The maximum absolute atomic E-state index is 12.5. The predicted molar refractivity (Wildman–Crippen MR) is 117 cm³/mol. The molecule has 7 heteroatoms. The number of nitrogens with one attached hydrogen (secondary N) is 1. The quantitative estimate of drug-likeness (QED) is 0.648. The van der Waals surface area contributed by atoms with Gasteiger partial charge in [0.05, 0.1) is 13.2 Å². The fraction of sp³-hybridized carbons (Fsp3) is 0.522. The molecule has 2 aromatic rings. The van der Waals surface area contributed by atoms with E-state index in [0.29, 0.717) is 36.5 Å². The molecule has 1 saturated carbocycles. The Morgan fingerprint density at radius 1 is 1.17 bits per heavy atom. The molecule has 6 nitrogen and oxygen atoms in total. The van der Waals surface area contributed by atoms with Crippen LogP contribution in [0.15, 0.2) is 45.8 Å². The lowest BCUT2D eigenvalue weighted by molar-refractivity contribution is 0.178. The molecule has 0 bridgehead atoms. The fourth-order valence-electron chi connectivity index (χ4n) is 4.41. The van der Waals surface area contributed by atoms with Crippen LogP contribution in [0.1, 0.15) is 42.6 Å². The van der Waals surface area contributed by atoms with Crippen LogP contribution in [0.2, 0.25) is 0 Å². The van der Waals surface area contributed by atoms with Crippen molar-refractivity contribution in [1.29, 1.82) is 0 Å². The number of rotatable bonds is 8. The molecule has 1 aliphatic carbocycles. The first kappa shape index (κ1) is 21.4. The van der Waals surface area contributed by atoms with E-state index in [-0.39, 0.29) is 5.43 Å². The standard InChI is InChI=1S/C23H30N2O4S/c1-30(27)24-11-17-6-8-18(9-7-17)15-29-23-16-28-21(10-22(23)26)14-25-12-19-4-2-3-5-20(19)13-25/h2-5,10,16-18,24H,6-9,11-15H2,1H3. The van der Waals surface area contributed by atoms with E-state index in [4.69, 9.17) is 9.15 Å². The molecule has 1 aliphatic heterocycles. The zero-order chi connectivity index (χ0) is 20.9. The smallest absolute Gasteiger partial charge is 0.227 e. The topological polar surface area (TPSA) is 77.8 Å². The Morgan fingerprint density at radius 3 is 2.47 bits per heavy atom. The van der Waals surface area contributed by atoms with E-state index in [1.165, 1.54) is 17.4 Å². The van der Waals surface area contributed by atoms with Gasteiger partial charge in [-0.2, -0.15) is 0 Å². The fourth-order valence-corrected chi connectivity index (χ4v) is 4.88. The Kier molecular flexibility index (Phi) is 7.15. The van der Waals surface area contributed by atoms with Gasteiger partial charge in [0.2, 0.25) is 11.2 Å². The number of hydrogen-bond donors (Lipinski definition) is 1. The zero-order valence-electron chi connectivity index (χ0n) is 17.5. The Balaban J connectivity index is 1.23. The van der Waals surface area contributed by atoms with Gasteiger partial charge in [-0.15, -0.1) is 4.72 Å². The molecule has 0 spiro atoms. The van der Waals surface area contributed by atoms with Gasteiger partial charge >= 0.3 is 0 Å². The average Bonchev–Trinajstić information content (AvgIpc) is 3.14. The van der Waals surface area contributed by atoms with Crippen LogP contribution < -0.4 is 14.9 Å². The van der Waals surface area contributed by atoms with Crippen molar-refractivity contribution >= 4 is 11.4 Å². The first-order valence-corrected chi connectivity index (χ1v) is 12.2. The van der Waals surface area contributed by atoms with Crippen LogP contribution in [0.3, 0.4) is 0 Å². The molecule has 2 heterocycles. The van der Waals surface area contributed by atoms with Crippen LogP contribution in [0.25, 0.3) is 0 Å². The van der Waals surface area contributed by atoms with Gasteiger partial charge in [0, 0.05) is 37.1 Å². The summed E-state index contributed by atoms with van der Waals surface area (Å²) in [6.45, 7) is 3.73. The van der Waals surface area contributed by atoms with E-state index in [2.05, 4.69) is 33.9 Å². The van der Waals surface area contributed by atoms with E-state index in [1.54, 1.807) is 12.3 Å². The van der Waals surface area contributed by atoms with Crippen molar-refractivity contribution in [2.24, 2.45) is 11.8 Å². The number of fused-ring (bicyclic) bond motifs is 1. The van der Waals surface area contributed by atoms with Crippen molar-refractivity contribution in [2.75, 3.05) is 19.4 Å². The molecule has 0 saturated heterocycles. The first-order valence-electron chi connectivity index (χ1n) is 10.7. The van der Waals surface area contributed by atoms with E-state index >= 15 is 0 Å². The Hall–Kier alpha value is -1.80. The number of nitrogens with zero attached hydrogens (tertiary/aromatic N) is 1. The van der Waals surface area contributed by atoms with Crippen molar-refractivity contribution in [1.82, 2.24) is 9.62 Å². The second-order valence-corrected chi connectivity index (χ2v) is 9.69. The lowest BCUT2D eigenvalue weighted by Gasteiger charge is -2.28. The molecular weight excluding hydrogens is 400 g/mol. The summed E-state index contributed by atoms with van der Waals surface area (Å²) in [5.41, 5.74) is 2.57. The van der Waals surface area contributed by atoms with Gasteiger partial charge in [-0.1, -0.05) is 24.3 Å². The largest absolute Gasteiger partial charge is 0.598 e. The molecule has 1 aromatic carbocycles. The summed E-state index contributed by atoms with van der Waals surface area (Å²) in [5.74, 6) is 2.00. The first-order chi connectivity index (χ1) is 14.6. The molecule has 1 unspecified atom stereocenters. The van der Waals surface area contributed by atoms with E-state index in [1.807, 2.05) is 0 Å². The highest BCUT2D eigenvalue weighted by Gasteiger charge is 2.23. The molecule has 4 rings (SSSR count). The molecule has 0 amide bonds. The monoisotopic (exact) mass is 430 g/mol. The van der Waals surface area contributed by atoms with Gasteiger partial charge < -0.3 is 13.7 Å². The van der Waals surface area contributed by atoms with Crippen molar-refractivity contribution in [3.8, 4) is 5.75 Å². The SMILES string of the molecule is C[S+]([O-])NCC1CCC(COc2coc(CN3Cc4ccccc4C3)cc2=O)CC1. The van der Waals surface area contributed by atoms with Crippen molar-refractivity contribution < 1.29 is 13.7 Å². The number of hydrogen-bond acceptors (Lipinski definition) is 6. The minimum absolute atomic E-state index is 0.115. The van der Waals surface area contributed by atoms with Gasteiger partial charge in [-0.3, -0.25) is 9.69 Å². The van der Waals surface area contributed by atoms with Crippen molar-refractivity contribution in [3.05, 3.63) is 63.7 Å².